The molecule has 186 valence electrons. The zero-order chi connectivity index (χ0) is 25.2. The van der Waals surface area contributed by atoms with Crippen LogP contribution in [0.4, 0.5) is 10.1 Å². The number of hydrogen-bond donors (Lipinski definition) is 1. The van der Waals surface area contributed by atoms with Crippen LogP contribution in [0.1, 0.15) is 65.5 Å². The molecule has 5 nitrogen and oxygen atoms in total. The molecule has 3 aromatic carbocycles. The Labute approximate surface area is 215 Å². The number of methoxy groups -OCH3 is 1. The lowest BCUT2D eigenvalue weighted by Crippen LogP contribution is -2.51. The molecular weight excluding hydrogens is 479 g/mol. The van der Waals surface area contributed by atoms with Gasteiger partial charge in [-0.1, -0.05) is 61.2 Å². The maximum Gasteiger partial charge on any atom is 0.254 e. The van der Waals surface area contributed by atoms with Gasteiger partial charge in [-0.3, -0.25) is 9.59 Å². The van der Waals surface area contributed by atoms with E-state index in [4.69, 9.17) is 16.3 Å². The number of carbonyl (C=O) groups is 2. The summed E-state index contributed by atoms with van der Waals surface area (Å²) < 4.78 is 19.0. The maximum absolute atomic E-state index is 14.0. The number of rotatable bonds is 5. The van der Waals surface area contributed by atoms with Crippen LogP contribution >= 0.6 is 11.6 Å². The molecule has 1 saturated carbocycles. The predicted molar refractivity (Wildman–Crippen MR) is 138 cm³/mol. The van der Waals surface area contributed by atoms with E-state index in [1.807, 2.05) is 47.4 Å². The zero-order valence-electron chi connectivity index (χ0n) is 20.0. The van der Waals surface area contributed by atoms with Crippen LogP contribution in [0.2, 0.25) is 5.02 Å². The first-order chi connectivity index (χ1) is 17.5. The number of carbonyl (C=O) groups excluding carboxylic acids is 2. The number of anilines is 1. The first-order valence-electron chi connectivity index (χ1n) is 12.3. The largest absolute Gasteiger partial charge is 0.497 e. The first-order valence-corrected chi connectivity index (χ1v) is 12.7. The third kappa shape index (κ3) is 4.58. The van der Waals surface area contributed by atoms with Gasteiger partial charge >= 0.3 is 0 Å². The highest BCUT2D eigenvalue weighted by Gasteiger charge is 2.46. The second-order valence-electron chi connectivity index (χ2n) is 9.40. The molecule has 36 heavy (non-hydrogen) atoms. The molecule has 1 aliphatic heterocycles. The smallest absolute Gasteiger partial charge is 0.254 e. The molecule has 3 aromatic rings. The molecule has 0 radical (unpaired) electrons. The van der Waals surface area contributed by atoms with Gasteiger partial charge in [0, 0.05) is 11.6 Å². The molecule has 1 heterocycles. The summed E-state index contributed by atoms with van der Waals surface area (Å²) in [5.41, 5.74) is 2.40. The van der Waals surface area contributed by atoms with E-state index in [2.05, 4.69) is 5.32 Å². The number of ether oxygens (including phenoxy) is 1. The van der Waals surface area contributed by atoms with Gasteiger partial charge in [-0.05, 0) is 60.4 Å². The van der Waals surface area contributed by atoms with Crippen molar-refractivity contribution in [3.05, 3.63) is 94.3 Å². The van der Waals surface area contributed by atoms with E-state index in [-0.39, 0.29) is 22.9 Å². The van der Waals surface area contributed by atoms with Crippen LogP contribution in [-0.2, 0) is 4.79 Å². The Kier molecular flexibility index (Phi) is 6.97. The Balaban J connectivity index is 1.64. The van der Waals surface area contributed by atoms with Crippen molar-refractivity contribution in [1.82, 2.24) is 4.90 Å². The van der Waals surface area contributed by atoms with Gasteiger partial charge in [-0.25, -0.2) is 4.39 Å². The second kappa shape index (κ2) is 10.3. The summed E-state index contributed by atoms with van der Waals surface area (Å²) in [7, 11) is 1.60. The van der Waals surface area contributed by atoms with Crippen molar-refractivity contribution >= 4 is 29.1 Å². The van der Waals surface area contributed by atoms with Gasteiger partial charge in [0.25, 0.3) is 5.91 Å². The summed E-state index contributed by atoms with van der Waals surface area (Å²) in [4.78, 5) is 29.9. The van der Waals surface area contributed by atoms with E-state index in [0.29, 0.717) is 22.6 Å². The molecule has 7 heteroatoms. The number of hydrogen-bond acceptors (Lipinski definition) is 3. The molecule has 5 rings (SSSR count). The van der Waals surface area contributed by atoms with Gasteiger partial charge in [0.05, 0.1) is 29.8 Å². The monoisotopic (exact) mass is 506 g/mol. The lowest BCUT2D eigenvalue weighted by molar-refractivity contribution is -0.119. The van der Waals surface area contributed by atoms with E-state index in [0.717, 1.165) is 37.7 Å². The fourth-order valence-corrected chi connectivity index (χ4v) is 5.77. The van der Waals surface area contributed by atoms with E-state index in [1.165, 1.54) is 18.2 Å². The summed E-state index contributed by atoms with van der Waals surface area (Å²) in [5.74, 6) is -0.821. The minimum atomic E-state index is -0.685. The Hall–Kier alpha value is -3.38. The molecule has 2 atom stereocenters. The number of nitrogens with one attached hydrogen (secondary N) is 1. The minimum absolute atomic E-state index is 0.0383. The zero-order valence-corrected chi connectivity index (χ0v) is 20.8. The van der Waals surface area contributed by atoms with Crippen molar-refractivity contribution in [3.8, 4) is 5.75 Å². The molecule has 1 fully saturated rings. The number of fused-ring (bicyclic) bond motifs is 1. The quantitative estimate of drug-likeness (QED) is 0.417. The van der Waals surface area contributed by atoms with Crippen LogP contribution in [0.25, 0.3) is 0 Å². The van der Waals surface area contributed by atoms with E-state index in [9.17, 15) is 14.0 Å². The van der Waals surface area contributed by atoms with Gasteiger partial charge in [0.15, 0.2) is 0 Å². The fourth-order valence-electron chi connectivity index (χ4n) is 5.55. The molecule has 1 aliphatic carbocycles. The Morgan fingerprint density at radius 2 is 1.75 bits per heavy atom. The first kappa shape index (κ1) is 24.3. The van der Waals surface area contributed by atoms with Crippen molar-refractivity contribution < 1.29 is 18.7 Å². The lowest BCUT2D eigenvalue weighted by Gasteiger charge is -2.46. The van der Waals surface area contributed by atoms with Gasteiger partial charge in [-0.15, -0.1) is 0 Å². The summed E-state index contributed by atoms with van der Waals surface area (Å²) >= 11 is 6.24. The molecule has 0 saturated heterocycles. The number of amides is 2. The molecule has 0 aromatic heterocycles. The Morgan fingerprint density at radius 1 is 1.03 bits per heavy atom. The lowest BCUT2D eigenvalue weighted by atomic mass is 9.77. The summed E-state index contributed by atoms with van der Waals surface area (Å²) in [6.07, 6.45) is 5.05. The van der Waals surface area contributed by atoms with Crippen molar-refractivity contribution in [2.45, 2.75) is 50.1 Å². The average Bonchev–Trinajstić information content (AvgIpc) is 2.90. The van der Waals surface area contributed by atoms with E-state index >= 15 is 0 Å². The topological polar surface area (TPSA) is 58.6 Å². The standard InChI is InChI=1S/C29H28ClFN2O3/c1-36-21-14-11-18(12-15-21)27-26(28(34)32-25-16-13-19(31)17-24(25)30)22-9-5-6-10-23(22)29(35)33(27)20-7-3-2-4-8-20/h5-6,9-17,20,26-27H,2-4,7-8H2,1H3,(H,32,34)/t26-,27-/m1/s1. The van der Waals surface area contributed by atoms with Gasteiger partial charge < -0.3 is 15.0 Å². The number of benzene rings is 3. The van der Waals surface area contributed by atoms with Crippen LogP contribution in [0.15, 0.2) is 66.7 Å². The van der Waals surface area contributed by atoms with Gasteiger partial charge in [0.2, 0.25) is 5.91 Å². The summed E-state index contributed by atoms with van der Waals surface area (Å²) in [6, 6.07) is 18.3. The van der Waals surface area contributed by atoms with Gasteiger partial charge in [0.1, 0.15) is 11.6 Å². The molecule has 0 unspecified atom stereocenters. The summed E-state index contributed by atoms with van der Waals surface area (Å²) in [6.45, 7) is 0. The van der Waals surface area contributed by atoms with Gasteiger partial charge in [-0.2, -0.15) is 0 Å². The molecule has 0 spiro atoms. The van der Waals surface area contributed by atoms with E-state index < -0.39 is 17.8 Å². The van der Waals surface area contributed by atoms with Crippen LogP contribution in [0.5, 0.6) is 5.75 Å². The normalized spacial score (nSPS) is 20.1. The third-order valence-corrected chi connectivity index (χ3v) is 7.59. The number of nitrogens with zero attached hydrogens (tertiary/aromatic N) is 1. The maximum atomic E-state index is 14.0. The molecule has 1 N–H and O–H groups in total. The van der Waals surface area contributed by atoms with Crippen LogP contribution < -0.4 is 10.1 Å². The molecule has 0 bridgehead atoms. The molecule has 2 amide bonds. The highest BCUT2D eigenvalue weighted by molar-refractivity contribution is 6.33. The Bertz CT molecular complexity index is 1270. The Morgan fingerprint density at radius 3 is 2.44 bits per heavy atom. The predicted octanol–water partition coefficient (Wildman–Crippen LogP) is 6.74. The fraction of sp³-hybridized carbons (Fsp3) is 0.310. The third-order valence-electron chi connectivity index (χ3n) is 7.27. The van der Waals surface area contributed by atoms with Crippen LogP contribution in [0.3, 0.4) is 0 Å². The van der Waals surface area contributed by atoms with Crippen molar-refractivity contribution in [2.75, 3.05) is 12.4 Å². The molecular formula is C29H28ClFN2O3. The highest BCUT2D eigenvalue weighted by Crippen LogP contribution is 2.46. The van der Waals surface area contributed by atoms with E-state index in [1.54, 1.807) is 13.2 Å². The van der Waals surface area contributed by atoms with Crippen LogP contribution in [0, 0.1) is 5.82 Å². The minimum Gasteiger partial charge on any atom is -0.497 e. The van der Waals surface area contributed by atoms with Crippen molar-refractivity contribution in [3.63, 3.8) is 0 Å². The van der Waals surface area contributed by atoms with Crippen molar-refractivity contribution in [2.24, 2.45) is 0 Å². The summed E-state index contributed by atoms with van der Waals surface area (Å²) in [5, 5.41) is 3.03. The average molecular weight is 507 g/mol. The SMILES string of the molecule is COc1ccc([C@@H]2[C@H](C(=O)Nc3ccc(F)cc3Cl)c3ccccc3C(=O)N2C2CCCCC2)cc1. The molecule has 2 aliphatic rings. The van der Waals surface area contributed by atoms with Crippen LogP contribution in [-0.4, -0.2) is 29.9 Å². The second-order valence-corrected chi connectivity index (χ2v) is 9.81. The van der Waals surface area contributed by atoms with Crippen molar-refractivity contribution in [1.29, 1.82) is 0 Å². The highest BCUT2D eigenvalue weighted by atomic mass is 35.5. The number of halogens is 2.